The molecule has 88 valence electrons. The number of aromatic nitrogens is 2. The third kappa shape index (κ3) is 3.55. The topological polar surface area (TPSA) is 100 Å². The second-order valence-corrected chi connectivity index (χ2v) is 5.05. The number of rotatable bonds is 5. The lowest BCUT2D eigenvalue weighted by atomic mass is 10.3. The maximum Gasteiger partial charge on any atom is 0.337 e. The van der Waals surface area contributed by atoms with Crippen LogP contribution in [-0.4, -0.2) is 37.4 Å². The predicted molar refractivity (Wildman–Crippen MR) is 54.2 cm³/mol. The maximum absolute atomic E-state index is 11.1. The number of nitrogens with one attached hydrogen (secondary N) is 1. The van der Waals surface area contributed by atoms with Crippen LogP contribution in [0.5, 0.6) is 0 Å². The Balaban J connectivity index is 2.66. The van der Waals surface area contributed by atoms with E-state index >= 15 is 0 Å². The first-order valence-electron chi connectivity index (χ1n) is 4.45. The molecule has 7 nitrogen and oxygen atoms in total. The van der Waals surface area contributed by atoms with E-state index < -0.39 is 16.0 Å². The van der Waals surface area contributed by atoms with Gasteiger partial charge in [-0.3, -0.25) is 0 Å². The summed E-state index contributed by atoms with van der Waals surface area (Å²) in [4.78, 5) is 10.5. The van der Waals surface area contributed by atoms with E-state index in [-0.39, 0.29) is 17.9 Å². The molecule has 0 bridgehead atoms. The summed E-state index contributed by atoms with van der Waals surface area (Å²) in [5.41, 5.74) is 0.0627. The maximum atomic E-state index is 11.1. The summed E-state index contributed by atoms with van der Waals surface area (Å²) in [5.74, 6) is -1.17. The van der Waals surface area contributed by atoms with Gasteiger partial charge in [-0.1, -0.05) is 4.68 Å². The Hall–Kier alpha value is -1.54. The van der Waals surface area contributed by atoms with Crippen LogP contribution in [0, 0.1) is 0 Å². The molecule has 0 radical (unpaired) electrons. The monoisotopic (exact) mass is 246 g/mol. The van der Waals surface area contributed by atoms with Gasteiger partial charge in [0.15, 0.2) is 12.7 Å². The van der Waals surface area contributed by atoms with Crippen molar-refractivity contribution in [3.05, 3.63) is 24.0 Å². The Morgan fingerprint density at radius 3 is 2.75 bits per heavy atom. The summed E-state index contributed by atoms with van der Waals surface area (Å²) in [6.07, 6.45) is 2.60. The van der Waals surface area contributed by atoms with Crippen LogP contribution in [0.3, 0.4) is 0 Å². The van der Waals surface area contributed by atoms with E-state index in [1.165, 1.54) is 30.2 Å². The van der Waals surface area contributed by atoms with E-state index in [1.807, 2.05) is 0 Å². The lowest BCUT2D eigenvalue weighted by Gasteiger charge is -1.98. The lowest BCUT2D eigenvalue weighted by Crippen LogP contribution is -2.42. The summed E-state index contributed by atoms with van der Waals surface area (Å²) >= 11 is 0. The molecule has 1 heterocycles. The average molecular weight is 246 g/mol. The Morgan fingerprint density at radius 2 is 2.31 bits per heavy atom. The van der Waals surface area contributed by atoms with E-state index in [4.69, 9.17) is 5.11 Å². The van der Waals surface area contributed by atoms with Crippen LogP contribution >= 0.6 is 0 Å². The molecular formula is C8H12N3O4S+. The number of hydrogen-bond donors (Lipinski definition) is 2. The van der Waals surface area contributed by atoms with Crippen LogP contribution in [0.4, 0.5) is 0 Å². The van der Waals surface area contributed by atoms with Crippen LogP contribution < -0.4 is 9.40 Å². The second kappa shape index (κ2) is 4.99. The van der Waals surface area contributed by atoms with Crippen LogP contribution in [0.1, 0.15) is 10.4 Å². The molecule has 0 aliphatic heterocycles. The third-order valence-electron chi connectivity index (χ3n) is 1.92. The SMILES string of the molecule is CNS(=O)(=O)CC[n+]1ccc(C(=O)O)cn1. The molecule has 0 atom stereocenters. The van der Waals surface area contributed by atoms with Gasteiger partial charge in [-0.05, 0) is 12.1 Å². The predicted octanol–water partition coefficient (Wildman–Crippen LogP) is -1.38. The number of sulfonamides is 1. The Kier molecular flexibility index (Phi) is 3.91. The largest absolute Gasteiger partial charge is 0.478 e. The molecule has 8 heteroatoms. The first-order chi connectivity index (χ1) is 7.44. The van der Waals surface area contributed by atoms with Crippen LogP contribution in [0.15, 0.2) is 18.5 Å². The van der Waals surface area contributed by atoms with Gasteiger partial charge in [0.25, 0.3) is 0 Å². The fraction of sp³-hybridized carbons (Fsp3) is 0.375. The molecule has 0 amide bonds. The highest BCUT2D eigenvalue weighted by Gasteiger charge is 2.13. The van der Waals surface area contributed by atoms with Crippen molar-refractivity contribution in [2.24, 2.45) is 0 Å². The van der Waals surface area contributed by atoms with Crippen molar-refractivity contribution in [1.29, 1.82) is 0 Å². The Morgan fingerprint density at radius 1 is 1.62 bits per heavy atom. The molecule has 0 unspecified atom stereocenters. The Bertz CT molecular complexity index is 469. The van der Waals surface area contributed by atoms with Gasteiger partial charge in [0.1, 0.15) is 11.9 Å². The van der Waals surface area contributed by atoms with Crippen molar-refractivity contribution in [2.45, 2.75) is 6.54 Å². The molecule has 0 saturated heterocycles. The molecule has 0 aromatic carbocycles. The van der Waals surface area contributed by atoms with E-state index in [0.717, 1.165) is 0 Å². The van der Waals surface area contributed by atoms with Crippen LogP contribution in [0.2, 0.25) is 0 Å². The molecule has 2 N–H and O–H groups in total. The van der Waals surface area contributed by atoms with Gasteiger partial charge in [-0.25, -0.2) is 17.9 Å². The summed E-state index contributed by atoms with van der Waals surface area (Å²) in [5, 5.41) is 12.4. The van der Waals surface area contributed by atoms with E-state index in [2.05, 4.69) is 9.82 Å². The van der Waals surface area contributed by atoms with Gasteiger partial charge in [-0.15, -0.1) is 0 Å². The number of aryl methyl sites for hydroxylation is 1. The number of hydrogen-bond acceptors (Lipinski definition) is 4. The van der Waals surface area contributed by atoms with Gasteiger partial charge >= 0.3 is 5.97 Å². The number of carboxylic acids is 1. The van der Waals surface area contributed by atoms with E-state index in [0.29, 0.717) is 0 Å². The van der Waals surface area contributed by atoms with Crippen molar-refractivity contribution in [3.8, 4) is 0 Å². The van der Waals surface area contributed by atoms with Crippen molar-refractivity contribution in [1.82, 2.24) is 9.82 Å². The summed E-state index contributed by atoms with van der Waals surface area (Å²) in [6, 6.07) is 1.36. The number of carboxylic acid groups (broad SMARTS) is 1. The Labute approximate surface area is 92.8 Å². The highest BCUT2D eigenvalue weighted by atomic mass is 32.2. The minimum Gasteiger partial charge on any atom is -0.478 e. The van der Waals surface area contributed by atoms with E-state index in [1.54, 1.807) is 0 Å². The molecule has 0 spiro atoms. The van der Waals surface area contributed by atoms with Crippen molar-refractivity contribution in [2.75, 3.05) is 12.8 Å². The minimum atomic E-state index is -3.27. The summed E-state index contributed by atoms with van der Waals surface area (Å²) < 4.78 is 25.7. The van der Waals surface area contributed by atoms with Crippen molar-refractivity contribution in [3.63, 3.8) is 0 Å². The van der Waals surface area contributed by atoms with Gasteiger partial charge in [0.2, 0.25) is 10.0 Å². The number of nitrogens with zero attached hydrogens (tertiary/aromatic N) is 2. The fourth-order valence-corrected chi connectivity index (χ4v) is 1.59. The molecule has 1 aromatic rings. The van der Waals surface area contributed by atoms with E-state index in [9.17, 15) is 13.2 Å². The van der Waals surface area contributed by atoms with Crippen LogP contribution in [-0.2, 0) is 16.6 Å². The first-order valence-corrected chi connectivity index (χ1v) is 6.10. The standard InChI is InChI=1S/C8H11N3O4S/c1-9-16(14,15)5-4-11-3-2-7(6-10-11)8(12)13/h2-3,6,9H,4-5H2,1H3/p+1. The first kappa shape index (κ1) is 12.5. The average Bonchev–Trinajstić information content (AvgIpc) is 2.27. The molecular weight excluding hydrogens is 234 g/mol. The molecule has 1 aromatic heterocycles. The lowest BCUT2D eigenvalue weighted by molar-refractivity contribution is -0.750. The fourth-order valence-electron chi connectivity index (χ4n) is 0.959. The third-order valence-corrected chi connectivity index (χ3v) is 3.26. The van der Waals surface area contributed by atoms with Gasteiger partial charge in [0, 0.05) is 6.07 Å². The van der Waals surface area contributed by atoms with Gasteiger partial charge in [0.05, 0.1) is 5.56 Å². The molecule has 0 saturated carbocycles. The molecule has 1 rings (SSSR count). The quantitative estimate of drug-likeness (QED) is 0.623. The number of carbonyl (C=O) groups is 1. The zero-order valence-corrected chi connectivity index (χ0v) is 9.44. The van der Waals surface area contributed by atoms with Crippen molar-refractivity contribution < 1.29 is 23.0 Å². The van der Waals surface area contributed by atoms with Gasteiger partial charge < -0.3 is 5.11 Å². The van der Waals surface area contributed by atoms with Crippen LogP contribution in [0.25, 0.3) is 0 Å². The zero-order chi connectivity index (χ0) is 12.2. The summed E-state index contributed by atoms with van der Waals surface area (Å²) in [6.45, 7) is 0.170. The minimum absolute atomic E-state index is 0.0627. The normalized spacial score (nSPS) is 11.3. The summed E-state index contributed by atoms with van der Waals surface area (Å²) in [7, 11) is -1.94. The highest BCUT2D eigenvalue weighted by Crippen LogP contribution is 1.91. The highest BCUT2D eigenvalue weighted by molar-refractivity contribution is 7.89. The second-order valence-electron chi connectivity index (χ2n) is 3.01. The number of aromatic carboxylic acids is 1. The molecule has 0 aliphatic carbocycles. The van der Waals surface area contributed by atoms with Crippen molar-refractivity contribution >= 4 is 16.0 Å². The van der Waals surface area contributed by atoms with Gasteiger partial charge in [-0.2, -0.15) is 0 Å². The zero-order valence-electron chi connectivity index (χ0n) is 8.62. The smallest absolute Gasteiger partial charge is 0.337 e. The molecule has 0 aliphatic rings. The molecule has 16 heavy (non-hydrogen) atoms. The molecule has 0 fully saturated rings.